The first-order valence-electron chi connectivity index (χ1n) is 6.30. The summed E-state index contributed by atoms with van der Waals surface area (Å²) in [6, 6.07) is 3.71. The molecule has 3 nitrogen and oxygen atoms in total. The van der Waals surface area contributed by atoms with Crippen LogP contribution in [-0.4, -0.2) is 38.0 Å². The molecule has 104 valence electrons. The van der Waals surface area contributed by atoms with Crippen LogP contribution < -0.4 is 15.5 Å². The van der Waals surface area contributed by atoms with E-state index in [-0.39, 0.29) is 0 Å². The van der Waals surface area contributed by atoms with Crippen molar-refractivity contribution < 1.29 is 23.4 Å². The first kappa shape index (κ1) is 13.0. The number of rotatable bonds is 1. The molecule has 4 N–H and O–H groups in total. The number of nitrogens with one attached hydrogen (secondary N) is 2. The molecule has 1 aromatic heterocycles. The monoisotopic (exact) mass is 291 g/mol. The van der Waals surface area contributed by atoms with Crippen molar-refractivity contribution in [3.63, 3.8) is 0 Å². The quantitative estimate of drug-likeness (QED) is 0.635. The van der Waals surface area contributed by atoms with Crippen LogP contribution in [0, 0.1) is 0 Å². The average molecular weight is 291 g/mol. The van der Waals surface area contributed by atoms with Gasteiger partial charge in [0.2, 0.25) is 0 Å². The predicted molar refractivity (Wildman–Crippen MR) is 66.6 cm³/mol. The zero-order chi connectivity index (χ0) is 13.5. The Morgan fingerprint density at radius 3 is 2.89 bits per heavy atom. The van der Waals surface area contributed by atoms with E-state index in [0.29, 0.717) is 36.8 Å². The number of fused-ring (bicyclic) bond motifs is 1. The maximum Gasteiger partial charge on any atom is 0.507 e. The molecular formula is C12H16F3N3S+2. The molecule has 0 spiro atoms. The second-order valence-corrected chi connectivity index (χ2v) is 5.87. The van der Waals surface area contributed by atoms with Gasteiger partial charge in [0.05, 0.1) is 23.2 Å². The van der Waals surface area contributed by atoms with Crippen LogP contribution in [0.4, 0.5) is 13.2 Å². The fourth-order valence-corrected chi connectivity index (χ4v) is 3.65. The lowest BCUT2D eigenvalue weighted by atomic mass is 10.1. The predicted octanol–water partition coefficient (Wildman–Crippen LogP) is -0.587. The van der Waals surface area contributed by atoms with Crippen LogP contribution in [0.2, 0.25) is 0 Å². The molecule has 2 aliphatic rings. The Morgan fingerprint density at radius 2 is 2.21 bits per heavy atom. The Labute approximate surface area is 113 Å². The van der Waals surface area contributed by atoms with Gasteiger partial charge in [0.15, 0.2) is 0 Å². The Bertz CT molecular complexity index is 483. The number of hydrogen-bond donors (Lipinski definition) is 3. The molecule has 1 aromatic rings. The van der Waals surface area contributed by atoms with Crippen molar-refractivity contribution in [3.05, 3.63) is 28.5 Å². The van der Waals surface area contributed by atoms with Crippen molar-refractivity contribution in [2.75, 3.05) is 26.2 Å². The van der Waals surface area contributed by atoms with Crippen molar-refractivity contribution in [1.29, 1.82) is 0 Å². The van der Waals surface area contributed by atoms with Crippen LogP contribution in [0.3, 0.4) is 0 Å². The molecule has 0 saturated carbocycles. The number of thiophene rings is 1. The van der Waals surface area contributed by atoms with Crippen LogP contribution in [0.5, 0.6) is 0 Å². The van der Waals surface area contributed by atoms with Crippen LogP contribution in [0.25, 0.3) is 5.70 Å². The minimum atomic E-state index is -4.24. The molecule has 0 aliphatic carbocycles. The number of alkyl halides is 3. The van der Waals surface area contributed by atoms with Crippen LogP contribution in [0.15, 0.2) is 23.6 Å². The maximum atomic E-state index is 13.6. The number of hydrogen-bond acceptors (Lipinski definition) is 2. The molecule has 2 atom stereocenters. The Kier molecular flexibility index (Phi) is 3.07. The van der Waals surface area contributed by atoms with Crippen LogP contribution >= 0.6 is 11.3 Å². The molecule has 1 fully saturated rings. The standard InChI is InChI=1S/C12H14F3N3S/c13-12(14,15)11-8-9(10-2-1-7-19-10)16-3-5-18(11)6-4-17-11/h1-2,7-8,16-17H,3-6H2/p+2. The fraction of sp³-hybridized carbons (Fsp3) is 0.500. The van der Waals surface area contributed by atoms with E-state index in [2.05, 4.69) is 5.32 Å². The van der Waals surface area contributed by atoms with E-state index >= 15 is 0 Å². The minimum absolute atomic E-state index is 0.487. The first-order chi connectivity index (χ1) is 9.03. The molecule has 0 amide bonds. The van der Waals surface area contributed by atoms with Crippen molar-refractivity contribution in [3.8, 4) is 0 Å². The summed E-state index contributed by atoms with van der Waals surface area (Å²) in [6.45, 7) is 2.13. The van der Waals surface area contributed by atoms with E-state index in [9.17, 15) is 13.2 Å². The van der Waals surface area contributed by atoms with Crippen LogP contribution in [0.1, 0.15) is 4.88 Å². The van der Waals surface area contributed by atoms with Gasteiger partial charge in [0.1, 0.15) is 19.6 Å². The summed E-state index contributed by atoms with van der Waals surface area (Å²) in [4.78, 5) is 1.46. The van der Waals surface area contributed by atoms with Gasteiger partial charge in [-0.3, -0.25) is 10.2 Å². The van der Waals surface area contributed by atoms with Gasteiger partial charge in [0, 0.05) is 0 Å². The summed E-state index contributed by atoms with van der Waals surface area (Å²) in [5, 5.41) is 6.45. The van der Waals surface area contributed by atoms with Gasteiger partial charge in [-0.2, -0.15) is 13.2 Å². The SMILES string of the molecule is FC(F)(F)C12C=C(c3cccs3)NCC[NH+]1CC[NH2+]2. The smallest absolute Gasteiger partial charge is 0.378 e. The summed E-state index contributed by atoms with van der Waals surface area (Å²) >= 11 is 1.46. The van der Waals surface area contributed by atoms with E-state index in [0.717, 1.165) is 4.88 Å². The van der Waals surface area contributed by atoms with Crippen molar-refractivity contribution in [2.24, 2.45) is 0 Å². The molecule has 7 heteroatoms. The number of nitrogens with two attached hydrogens (primary N) is 1. The van der Waals surface area contributed by atoms with Gasteiger partial charge < -0.3 is 5.32 Å². The van der Waals surface area contributed by atoms with Crippen molar-refractivity contribution in [1.82, 2.24) is 5.32 Å². The summed E-state index contributed by atoms with van der Waals surface area (Å²) in [5.41, 5.74) is -1.21. The average Bonchev–Trinajstić information content (AvgIpc) is 2.95. The highest BCUT2D eigenvalue weighted by atomic mass is 32.1. The molecule has 3 heterocycles. The lowest BCUT2D eigenvalue weighted by molar-refractivity contribution is -1.03. The molecular weight excluding hydrogens is 275 g/mol. The fourth-order valence-electron chi connectivity index (χ4n) is 2.93. The maximum absolute atomic E-state index is 13.6. The molecule has 2 unspecified atom stereocenters. The molecule has 2 aliphatic heterocycles. The molecule has 0 bridgehead atoms. The number of quaternary nitrogens is 2. The Hall–Kier alpha value is -1.05. The van der Waals surface area contributed by atoms with E-state index in [4.69, 9.17) is 0 Å². The van der Waals surface area contributed by atoms with Crippen molar-refractivity contribution in [2.45, 2.75) is 11.8 Å². The number of halogens is 3. The molecule has 3 rings (SSSR count). The minimum Gasteiger partial charge on any atom is -0.378 e. The highest BCUT2D eigenvalue weighted by Gasteiger charge is 2.68. The lowest BCUT2D eigenvalue weighted by Crippen LogP contribution is -3.28. The normalized spacial score (nSPS) is 31.3. The topological polar surface area (TPSA) is 33.1 Å². The van der Waals surface area contributed by atoms with E-state index in [1.807, 2.05) is 17.5 Å². The largest absolute Gasteiger partial charge is 0.507 e. The molecule has 0 radical (unpaired) electrons. The zero-order valence-electron chi connectivity index (χ0n) is 10.3. The van der Waals surface area contributed by atoms with Crippen molar-refractivity contribution >= 4 is 17.0 Å². The summed E-state index contributed by atoms with van der Waals surface area (Å²) in [6.07, 6.45) is -2.86. The summed E-state index contributed by atoms with van der Waals surface area (Å²) in [7, 11) is 0. The van der Waals surface area contributed by atoms with Gasteiger partial charge in [0.25, 0.3) is 0 Å². The third-order valence-electron chi connectivity index (χ3n) is 3.87. The highest BCUT2D eigenvalue weighted by Crippen LogP contribution is 2.29. The van der Waals surface area contributed by atoms with E-state index in [1.54, 1.807) is 0 Å². The van der Waals surface area contributed by atoms with E-state index < -0.39 is 11.8 Å². The third kappa shape index (κ3) is 2.05. The van der Waals surface area contributed by atoms with Gasteiger partial charge in [-0.15, -0.1) is 11.3 Å². The van der Waals surface area contributed by atoms with Gasteiger partial charge in [-0.1, -0.05) is 6.07 Å². The Balaban J connectivity index is 2.07. The second kappa shape index (κ2) is 4.50. The van der Waals surface area contributed by atoms with Crippen LogP contribution in [-0.2, 0) is 0 Å². The lowest BCUT2D eigenvalue weighted by Gasteiger charge is -2.28. The Morgan fingerprint density at radius 1 is 1.37 bits per heavy atom. The first-order valence-corrected chi connectivity index (χ1v) is 7.18. The molecule has 1 saturated heterocycles. The van der Waals surface area contributed by atoms with E-state index in [1.165, 1.54) is 22.7 Å². The molecule has 0 aromatic carbocycles. The van der Waals surface area contributed by atoms with Gasteiger partial charge in [-0.25, -0.2) is 0 Å². The summed E-state index contributed by atoms with van der Waals surface area (Å²) < 4.78 is 40.7. The summed E-state index contributed by atoms with van der Waals surface area (Å²) in [5.74, 6) is 0. The third-order valence-corrected chi connectivity index (χ3v) is 4.77. The second-order valence-electron chi connectivity index (χ2n) is 4.93. The zero-order valence-corrected chi connectivity index (χ0v) is 11.1. The van der Waals surface area contributed by atoms with Gasteiger partial charge in [-0.05, 0) is 11.4 Å². The molecule has 19 heavy (non-hydrogen) atoms. The highest BCUT2D eigenvalue weighted by molar-refractivity contribution is 7.11. The van der Waals surface area contributed by atoms with Gasteiger partial charge >= 0.3 is 11.8 Å².